The molecule has 0 saturated heterocycles. The van der Waals surface area contributed by atoms with Gasteiger partial charge in [0.05, 0.1) is 5.69 Å². The van der Waals surface area contributed by atoms with Gasteiger partial charge >= 0.3 is 0 Å². The summed E-state index contributed by atoms with van der Waals surface area (Å²) in [7, 11) is 0. The average Bonchev–Trinajstić information content (AvgIpc) is 2.61. The monoisotopic (exact) mass is 405 g/mol. The highest BCUT2D eigenvalue weighted by atomic mass is 127. The summed E-state index contributed by atoms with van der Waals surface area (Å²) < 4.78 is 2.33. The van der Waals surface area contributed by atoms with Gasteiger partial charge in [-0.1, -0.05) is 0 Å². The Bertz CT molecular complexity index is 517. The van der Waals surface area contributed by atoms with Gasteiger partial charge in [0.1, 0.15) is 0 Å². The van der Waals surface area contributed by atoms with Crippen LogP contribution in [-0.4, -0.2) is 10.2 Å². The molecule has 2 rings (SSSR count). The SMILES string of the molecule is Cc1n[nH]c(C)c1CNc1ccc(I)c(Br)c1. The third kappa shape index (κ3) is 3.01. The van der Waals surface area contributed by atoms with Crippen molar-refractivity contribution in [2.45, 2.75) is 20.4 Å². The molecule has 0 aliphatic carbocycles. The van der Waals surface area contributed by atoms with Crippen LogP contribution in [0.1, 0.15) is 17.0 Å². The fraction of sp³-hybridized carbons (Fsp3) is 0.250. The second-order valence-corrected chi connectivity index (χ2v) is 5.91. The molecule has 0 saturated carbocycles. The van der Waals surface area contributed by atoms with Crippen molar-refractivity contribution in [2.24, 2.45) is 0 Å². The first-order valence-electron chi connectivity index (χ1n) is 5.27. The van der Waals surface area contributed by atoms with Crippen molar-refractivity contribution in [3.05, 3.63) is 43.2 Å². The fourth-order valence-corrected chi connectivity index (χ4v) is 2.35. The Morgan fingerprint density at radius 1 is 1.41 bits per heavy atom. The van der Waals surface area contributed by atoms with E-state index >= 15 is 0 Å². The van der Waals surface area contributed by atoms with Gasteiger partial charge in [-0.25, -0.2) is 0 Å². The van der Waals surface area contributed by atoms with Crippen LogP contribution in [0.2, 0.25) is 0 Å². The van der Waals surface area contributed by atoms with Crippen molar-refractivity contribution < 1.29 is 0 Å². The molecule has 0 atom stereocenters. The van der Waals surface area contributed by atoms with Gasteiger partial charge in [0.15, 0.2) is 0 Å². The number of hydrogen-bond donors (Lipinski definition) is 2. The number of hydrogen-bond acceptors (Lipinski definition) is 2. The normalized spacial score (nSPS) is 10.6. The number of anilines is 1. The molecule has 0 unspecified atom stereocenters. The number of aromatic nitrogens is 2. The highest BCUT2D eigenvalue weighted by Crippen LogP contribution is 2.23. The molecule has 90 valence electrons. The number of H-pyrrole nitrogens is 1. The van der Waals surface area contributed by atoms with Crippen LogP contribution in [-0.2, 0) is 6.54 Å². The zero-order chi connectivity index (χ0) is 12.4. The van der Waals surface area contributed by atoms with Crippen LogP contribution >= 0.6 is 38.5 Å². The highest BCUT2D eigenvalue weighted by Gasteiger charge is 2.06. The van der Waals surface area contributed by atoms with Gasteiger partial charge in [-0.2, -0.15) is 5.10 Å². The van der Waals surface area contributed by atoms with Gasteiger partial charge in [-0.3, -0.25) is 5.10 Å². The maximum absolute atomic E-state index is 4.18. The molecule has 0 aliphatic rings. The van der Waals surface area contributed by atoms with Gasteiger partial charge in [-0.15, -0.1) is 0 Å². The van der Waals surface area contributed by atoms with E-state index in [-0.39, 0.29) is 0 Å². The summed E-state index contributed by atoms with van der Waals surface area (Å²) in [6, 6.07) is 6.26. The molecule has 5 heteroatoms. The van der Waals surface area contributed by atoms with Crippen molar-refractivity contribution in [2.75, 3.05) is 5.32 Å². The van der Waals surface area contributed by atoms with Crippen LogP contribution < -0.4 is 5.32 Å². The third-order valence-electron chi connectivity index (χ3n) is 2.67. The Hall–Kier alpha value is -0.560. The van der Waals surface area contributed by atoms with E-state index in [1.165, 1.54) is 9.13 Å². The maximum Gasteiger partial charge on any atom is 0.0643 e. The summed E-state index contributed by atoms with van der Waals surface area (Å²) in [6.07, 6.45) is 0. The van der Waals surface area contributed by atoms with Crippen molar-refractivity contribution in [1.29, 1.82) is 0 Å². The molecule has 17 heavy (non-hydrogen) atoms. The van der Waals surface area contributed by atoms with E-state index in [1.807, 2.05) is 13.8 Å². The topological polar surface area (TPSA) is 40.7 Å². The Labute approximate surface area is 123 Å². The minimum absolute atomic E-state index is 0.793. The van der Waals surface area contributed by atoms with Crippen molar-refractivity contribution in [1.82, 2.24) is 10.2 Å². The molecule has 0 bridgehead atoms. The minimum atomic E-state index is 0.793. The molecule has 0 spiro atoms. The molecular formula is C12H13BrIN3. The van der Waals surface area contributed by atoms with Crippen LogP contribution in [0.15, 0.2) is 22.7 Å². The fourth-order valence-electron chi connectivity index (χ4n) is 1.63. The zero-order valence-corrected chi connectivity index (χ0v) is 13.4. The number of halogens is 2. The number of aryl methyl sites for hydroxylation is 2. The van der Waals surface area contributed by atoms with E-state index in [4.69, 9.17) is 0 Å². The van der Waals surface area contributed by atoms with Gasteiger partial charge in [-0.05, 0) is 70.6 Å². The summed E-state index contributed by atoms with van der Waals surface area (Å²) in [5.74, 6) is 0. The lowest BCUT2D eigenvalue weighted by Gasteiger charge is -2.07. The summed E-state index contributed by atoms with van der Waals surface area (Å²) in [4.78, 5) is 0. The van der Waals surface area contributed by atoms with Crippen LogP contribution in [0.4, 0.5) is 5.69 Å². The molecule has 1 aromatic carbocycles. The van der Waals surface area contributed by atoms with E-state index in [0.717, 1.165) is 28.1 Å². The minimum Gasteiger partial charge on any atom is -0.381 e. The molecule has 0 fully saturated rings. The molecular weight excluding hydrogens is 393 g/mol. The van der Waals surface area contributed by atoms with Gasteiger partial charge in [0.2, 0.25) is 0 Å². The molecule has 0 radical (unpaired) electrons. The molecule has 3 nitrogen and oxygen atoms in total. The van der Waals surface area contributed by atoms with Gasteiger partial charge < -0.3 is 5.32 Å². The molecule has 1 heterocycles. The molecule has 2 aromatic rings. The molecule has 0 aliphatic heterocycles. The second-order valence-electron chi connectivity index (χ2n) is 3.90. The Balaban J connectivity index is 2.10. The first kappa shape index (κ1) is 12.9. The first-order valence-corrected chi connectivity index (χ1v) is 7.14. The lowest BCUT2D eigenvalue weighted by Crippen LogP contribution is -2.01. The van der Waals surface area contributed by atoms with E-state index in [9.17, 15) is 0 Å². The smallest absolute Gasteiger partial charge is 0.0643 e. The third-order valence-corrected chi connectivity index (χ3v) is 5.01. The maximum atomic E-state index is 4.18. The standard InChI is InChI=1S/C12H13BrIN3/c1-7-10(8(2)17-16-7)6-15-9-3-4-12(14)11(13)5-9/h3-5,15H,6H2,1-2H3,(H,16,17). The first-order chi connectivity index (χ1) is 8.08. The molecule has 2 N–H and O–H groups in total. The lowest BCUT2D eigenvalue weighted by atomic mass is 10.2. The summed E-state index contributed by atoms with van der Waals surface area (Å²) >= 11 is 5.83. The van der Waals surface area contributed by atoms with Crippen LogP contribution in [0, 0.1) is 17.4 Å². The second kappa shape index (κ2) is 5.39. The summed E-state index contributed by atoms with van der Waals surface area (Å²) in [5.41, 5.74) is 4.52. The molecule has 1 aromatic heterocycles. The van der Waals surface area contributed by atoms with Crippen molar-refractivity contribution >= 4 is 44.2 Å². The number of nitrogens with zero attached hydrogens (tertiary/aromatic N) is 1. The number of aromatic amines is 1. The zero-order valence-electron chi connectivity index (χ0n) is 9.64. The lowest BCUT2D eigenvalue weighted by molar-refractivity contribution is 1.02. The number of nitrogens with one attached hydrogen (secondary N) is 2. The Morgan fingerprint density at radius 3 is 2.76 bits per heavy atom. The highest BCUT2D eigenvalue weighted by molar-refractivity contribution is 14.1. The average molecular weight is 406 g/mol. The Morgan fingerprint density at radius 2 is 2.18 bits per heavy atom. The van der Waals surface area contributed by atoms with Crippen LogP contribution in [0.25, 0.3) is 0 Å². The van der Waals surface area contributed by atoms with Crippen LogP contribution in [0.5, 0.6) is 0 Å². The van der Waals surface area contributed by atoms with Gasteiger partial charge in [0.25, 0.3) is 0 Å². The quantitative estimate of drug-likeness (QED) is 0.757. The van der Waals surface area contributed by atoms with Crippen molar-refractivity contribution in [3.8, 4) is 0 Å². The summed E-state index contributed by atoms with van der Waals surface area (Å²) in [5, 5.41) is 10.6. The van der Waals surface area contributed by atoms with Crippen molar-refractivity contribution in [3.63, 3.8) is 0 Å². The number of rotatable bonds is 3. The number of benzene rings is 1. The predicted molar refractivity (Wildman–Crippen MR) is 82.2 cm³/mol. The Kier molecular flexibility index (Phi) is 4.09. The largest absolute Gasteiger partial charge is 0.381 e. The van der Waals surface area contributed by atoms with E-state index in [2.05, 4.69) is 72.2 Å². The van der Waals surface area contributed by atoms with E-state index in [1.54, 1.807) is 0 Å². The van der Waals surface area contributed by atoms with Crippen LogP contribution in [0.3, 0.4) is 0 Å². The van der Waals surface area contributed by atoms with E-state index < -0.39 is 0 Å². The van der Waals surface area contributed by atoms with E-state index in [0.29, 0.717) is 0 Å². The molecule has 0 amide bonds. The van der Waals surface area contributed by atoms with Gasteiger partial charge in [0, 0.05) is 31.5 Å². The summed E-state index contributed by atoms with van der Waals surface area (Å²) in [6.45, 7) is 4.85. The predicted octanol–water partition coefficient (Wildman–Crippen LogP) is 4.01.